The van der Waals surface area contributed by atoms with Crippen LogP contribution in [0.5, 0.6) is 0 Å². The SMILES string of the molecule is N#CC1C(N)=NC2=C(C(=O)CCC2)[C@H]1c1ccccc1Cl. The first-order valence-corrected chi connectivity index (χ1v) is 7.25. The van der Waals surface area contributed by atoms with Gasteiger partial charge in [-0.15, -0.1) is 0 Å². The van der Waals surface area contributed by atoms with E-state index in [9.17, 15) is 10.1 Å². The van der Waals surface area contributed by atoms with Gasteiger partial charge in [0, 0.05) is 28.6 Å². The lowest BCUT2D eigenvalue weighted by Gasteiger charge is -2.32. The number of Topliss-reactive ketones (excluding diaryl/α,β-unsaturated/α-hetero) is 1. The maximum atomic E-state index is 12.4. The number of nitrogens with zero attached hydrogens (tertiary/aromatic N) is 2. The second kappa shape index (κ2) is 5.34. The summed E-state index contributed by atoms with van der Waals surface area (Å²) >= 11 is 6.28. The fraction of sp³-hybridized carbons (Fsp3) is 0.312. The Morgan fingerprint density at radius 3 is 2.81 bits per heavy atom. The number of carbonyl (C=O) groups is 1. The first kappa shape index (κ1) is 13.8. The Hall–Kier alpha value is -2.12. The van der Waals surface area contributed by atoms with Gasteiger partial charge in [-0.1, -0.05) is 29.8 Å². The van der Waals surface area contributed by atoms with E-state index in [4.69, 9.17) is 17.3 Å². The minimum Gasteiger partial charge on any atom is -0.386 e. The highest BCUT2D eigenvalue weighted by Gasteiger charge is 2.40. The number of nitriles is 1. The molecule has 0 spiro atoms. The lowest BCUT2D eigenvalue weighted by atomic mass is 9.73. The van der Waals surface area contributed by atoms with Crippen LogP contribution in [-0.2, 0) is 4.79 Å². The van der Waals surface area contributed by atoms with Gasteiger partial charge in [0.05, 0.1) is 6.07 Å². The largest absolute Gasteiger partial charge is 0.386 e. The third-order valence-corrected chi connectivity index (χ3v) is 4.38. The van der Waals surface area contributed by atoms with Crippen LogP contribution in [0, 0.1) is 17.2 Å². The molecule has 21 heavy (non-hydrogen) atoms. The summed E-state index contributed by atoms with van der Waals surface area (Å²) < 4.78 is 0. The topological polar surface area (TPSA) is 79.2 Å². The van der Waals surface area contributed by atoms with Gasteiger partial charge in [0.1, 0.15) is 11.8 Å². The smallest absolute Gasteiger partial charge is 0.161 e. The molecular weight excluding hydrogens is 286 g/mol. The Balaban J connectivity index is 2.22. The van der Waals surface area contributed by atoms with E-state index in [1.807, 2.05) is 18.2 Å². The molecule has 2 N–H and O–H groups in total. The number of hydrogen-bond donors (Lipinski definition) is 1. The summed E-state index contributed by atoms with van der Waals surface area (Å²) in [5, 5.41) is 10.0. The van der Waals surface area contributed by atoms with Crippen molar-refractivity contribution in [3.8, 4) is 6.07 Å². The minimum absolute atomic E-state index is 0.0534. The third kappa shape index (κ3) is 2.24. The second-order valence-electron chi connectivity index (χ2n) is 5.28. The molecule has 1 heterocycles. The zero-order valence-corrected chi connectivity index (χ0v) is 12.1. The number of amidine groups is 1. The van der Waals surface area contributed by atoms with Gasteiger partial charge in [0.2, 0.25) is 0 Å². The van der Waals surface area contributed by atoms with Crippen molar-refractivity contribution in [1.29, 1.82) is 5.26 Å². The van der Waals surface area contributed by atoms with Crippen molar-refractivity contribution in [3.05, 3.63) is 46.1 Å². The van der Waals surface area contributed by atoms with Crippen LogP contribution in [0.3, 0.4) is 0 Å². The summed E-state index contributed by atoms with van der Waals surface area (Å²) in [5.74, 6) is -0.733. The Labute approximate surface area is 127 Å². The van der Waals surface area contributed by atoms with E-state index in [0.717, 1.165) is 24.1 Å². The number of nitrogens with two attached hydrogens (primary N) is 1. The predicted molar refractivity (Wildman–Crippen MR) is 80.8 cm³/mol. The number of carbonyl (C=O) groups excluding carboxylic acids is 1. The molecule has 5 heteroatoms. The van der Waals surface area contributed by atoms with Gasteiger partial charge >= 0.3 is 0 Å². The quantitative estimate of drug-likeness (QED) is 0.866. The van der Waals surface area contributed by atoms with Crippen molar-refractivity contribution in [2.45, 2.75) is 25.2 Å². The summed E-state index contributed by atoms with van der Waals surface area (Å²) in [6.45, 7) is 0. The first-order chi connectivity index (χ1) is 10.1. The molecule has 2 aliphatic rings. The van der Waals surface area contributed by atoms with Gasteiger partial charge in [0.25, 0.3) is 0 Å². The van der Waals surface area contributed by atoms with Gasteiger partial charge in [-0.2, -0.15) is 5.26 Å². The fourth-order valence-electron chi connectivity index (χ4n) is 3.08. The van der Waals surface area contributed by atoms with E-state index in [2.05, 4.69) is 11.1 Å². The normalized spacial score (nSPS) is 25.1. The lowest BCUT2D eigenvalue weighted by molar-refractivity contribution is -0.116. The second-order valence-corrected chi connectivity index (χ2v) is 5.69. The van der Waals surface area contributed by atoms with E-state index in [1.165, 1.54) is 0 Å². The molecule has 4 nitrogen and oxygen atoms in total. The van der Waals surface area contributed by atoms with Crippen LogP contribution in [0.15, 0.2) is 40.5 Å². The molecule has 1 unspecified atom stereocenters. The van der Waals surface area contributed by atoms with Crippen LogP contribution < -0.4 is 5.73 Å². The van der Waals surface area contributed by atoms with Crippen LogP contribution >= 0.6 is 11.6 Å². The average molecular weight is 300 g/mol. The summed E-state index contributed by atoms with van der Waals surface area (Å²) in [5.41, 5.74) is 8.07. The standard InChI is InChI=1S/C16H14ClN3O/c17-11-5-2-1-4-9(11)14-10(8-18)16(19)20-12-6-3-7-13(21)15(12)14/h1-2,4-5,10,14H,3,6-7H2,(H2,19,20)/t10?,14-/m0/s1. The zero-order chi connectivity index (χ0) is 15.0. The van der Waals surface area contributed by atoms with Crippen molar-refractivity contribution < 1.29 is 4.79 Å². The number of benzene rings is 1. The maximum Gasteiger partial charge on any atom is 0.161 e. The number of ketones is 1. The molecule has 1 aromatic carbocycles. The van der Waals surface area contributed by atoms with Gasteiger partial charge in [-0.25, -0.2) is 4.99 Å². The first-order valence-electron chi connectivity index (χ1n) is 6.88. The molecule has 0 saturated heterocycles. The minimum atomic E-state index is -0.647. The Bertz CT molecular complexity index is 714. The molecule has 1 aliphatic heterocycles. The molecular formula is C16H14ClN3O. The van der Waals surface area contributed by atoms with E-state index in [-0.39, 0.29) is 11.6 Å². The summed E-state index contributed by atoms with van der Waals surface area (Å²) in [7, 11) is 0. The maximum absolute atomic E-state index is 12.4. The number of rotatable bonds is 1. The summed E-state index contributed by atoms with van der Waals surface area (Å²) in [6.07, 6.45) is 2.00. The fourth-order valence-corrected chi connectivity index (χ4v) is 3.33. The molecule has 106 valence electrons. The van der Waals surface area contributed by atoms with Crippen molar-refractivity contribution in [2.75, 3.05) is 0 Å². The van der Waals surface area contributed by atoms with Crippen molar-refractivity contribution >= 4 is 23.2 Å². The molecule has 3 rings (SSSR count). The van der Waals surface area contributed by atoms with E-state index in [0.29, 0.717) is 17.0 Å². The number of aliphatic imine (C=N–C) groups is 1. The monoisotopic (exact) mass is 299 g/mol. The number of hydrogen-bond acceptors (Lipinski definition) is 4. The summed E-state index contributed by atoms with van der Waals surface area (Å²) in [4.78, 5) is 16.7. The Kier molecular flexibility index (Phi) is 3.52. The molecule has 0 aromatic heterocycles. The molecule has 0 saturated carbocycles. The van der Waals surface area contributed by atoms with E-state index < -0.39 is 11.8 Å². The highest BCUT2D eigenvalue weighted by molar-refractivity contribution is 6.31. The van der Waals surface area contributed by atoms with Crippen LogP contribution in [0.4, 0.5) is 0 Å². The Morgan fingerprint density at radius 1 is 1.33 bits per heavy atom. The molecule has 0 amide bonds. The van der Waals surface area contributed by atoms with Gasteiger partial charge < -0.3 is 5.73 Å². The highest BCUT2D eigenvalue weighted by atomic mass is 35.5. The molecule has 0 radical (unpaired) electrons. The Morgan fingerprint density at radius 2 is 2.10 bits per heavy atom. The molecule has 1 aromatic rings. The van der Waals surface area contributed by atoms with Gasteiger partial charge in [-0.05, 0) is 24.5 Å². The lowest BCUT2D eigenvalue weighted by Crippen LogP contribution is -2.36. The van der Waals surface area contributed by atoms with E-state index in [1.54, 1.807) is 6.07 Å². The van der Waals surface area contributed by atoms with Crippen LogP contribution in [-0.4, -0.2) is 11.6 Å². The van der Waals surface area contributed by atoms with E-state index >= 15 is 0 Å². The van der Waals surface area contributed by atoms with Crippen LogP contribution in [0.25, 0.3) is 0 Å². The molecule has 0 fully saturated rings. The molecule has 2 atom stereocenters. The highest BCUT2D eigenvalue weighted by Crippen LogP contribution is 2.43. The summed E-state index contributed by atoms with van der Waals surface area (Å²) in [6, 6.07) is 9.47. The van der Waals surface area contributed by atoms with Gasteiger partial charge in [0.15, 0.2) is 5.78 Å². The number of halogens is 1. The molecule has 1 aliphatic carbocycles. The van der Waals surface area contributed by atoms with Crippen LogP contribution in [0.1, 0.15) is 30.7 Å². The van der Waals surface area contributed by atoms with Gasteiger partial charge in [-0.3, -0.25) is 4.79 Å². The predicted octanol–water partition coefficient (Wildman–Crippen LogP) is 2.94. The number of allylic oxidation sites excluding steroid dienone is 2. The average Bonchev–Trinajstić information content (AvgIpc) is 2.47. The van der Waals surface area contributed by atoms with Crippen LogP contribution in [0.2, 0.25) is 5.02 Å². The van der Waals surface area contributed by atoms with Crippen molar-refractivity contribution in [1.82, 2.24) is 0 Å². The molecule has 0 bridgehead atoms. The van der Waals surface area contributed by atoms with Crippen molar-refractivity contribution in [3.63, 3.8) is 0 Å². The third-order valence-electron chi connectivity index (χ3n) is 4.04. The van der Waals surface area contributed by atoms with Crippen molar-refractivity contribution in [2.24, 2.45) is 16.6 Å². The zero-order valence-electron chi connectivity index (χ0n) is 11.3.